The number of nitrogens with one attached hydrogen (secondary N) is 2. The fourth-order valence-corrected chi connectivity index (χ4v) is 1.93. The van der Waals surface area contributed by atoms with Gasteiger partial charge in [0.1, 0.15) is 0 Å². The lowest BCUT2D eigenvalue weighted by Crippen LogP contribution is -2.44. The predicted octanol–water partition coefficient (Wildman–Crippen LogP) is 1.98. The molecule has 0 aliphatic carbocycles. The number of amides is 3. The highest BCUT2D eigenvalue weighted by Crippen LogP contribution is 2.17. The number of likely N-dealkylation sites (N-methyl/N-ethyl adjacent to an activating group) is 1. The summed E-state index contributed by atoms with van der Waals surface area (Å²) in [5.74, 6) is -0.319. The first-order valence-electron chi connectivity index (χ1n) is 6.79. The highest BCUT2D eigenvalue weighted by molar-refractivity contribution is 5.96. The van der Waals surface area contributed by atoms with E-state index < -0.39 is 6.03 Å². The maximum Gasteiger partial charge on any atom is 0.321 e. The summed E-state index contributed by atoms with van der Waals surface area (Å²) in [5, 5.41) is 4.92. The van der Waals surface area contributed by atoms with E-state index in [1.54, 1.807) is 0 Å². The smallest absolute Gasteiger partial charge is 0.321 e. The van der Waals surface area contributed by atoms with Gasteiger partial charge < -0.3 is 10.2 Å². The van der Waals surface area contributed by atoms with Gasteiger partial charge in [0.15, 0.2) is 0 Å². The van der Waals surface area contributed by atoms with Gasteiger partial charge in [-0.15, -0.1) is 0 Å². The normalized spacial score (nSPS) is 10.0. The molecule has 20 heavy (non-hydrogen) atoms. The van der Waals surface area contributed by atoms with E-state index >= 15 is 0 Å². The van der Waals surface area contributed by atoms with Gasteiger partial charge in [-0.3, -0.25) is 10.1 Å². The van der Waals surface area contributed by atoms with Crippen LogP contribution in [0.25, 0.3) is 0 Å². The van der Waals surface area contributed by atoms with Crippen molar-refractivity contribution < 1.29 is 9.59 Å². The third kappa shape index (κ3) is 5.30. The van der Waals surface area contributed by atoms with Crippen molar-refractivity contribution in [3.05, 3.63) is 29.3 Å². The molecule has 1 aromatic rings. The Morgan fingerprint density at radius 3 is 2.30 bits per heavy atom. The molecule has 110 valence electrons. The van der Waals surface area contributed by atoms with Crippen LogP contribution in [0.2, 0.25) is 0 Å². The molecule has 0 aromatic heterocycles. The third-order valence-corrected chi connectivity index (χ3v) is 2.82. The number of carbonyl (C=O) groups excluding carboxylic acids is 2. The molecule has 0 aliphatic heterocycles. The summed E-state index contributed by atoms with van der Waals surface area (Å²) in [6.07, 6.45) is 0.837. The molecular formula is C15H23N3O2. The Balaban J connectivity index is 2.54. The molecule has 5 nitrogen and oxygen atoms in total. The van der Waals surface area contributed by atoms with E-state index in [0.717, 1.165) is 23.2 Å². The minimum atomic E-state index is -0.439. The van der Waals surface area contributed by atoms with Gasteiger partial charge in [-0.25, -0.2) is 4.79 Å². The highest BCUT2D eigenvalue weighted by Gasteiger charge is 2.11. The molecule has 0 bridgehead atoms. The van der Waals surface area contributed by atoms with E-state index in [4.69, 9.17) is 0 Å². The van der Waals surface area contributed by atoms with Crippen LogP contribution in [0.4, 0.5) is 10.5 Å². The Morgan fingerprint density at radius 2 is 1.75 bits per heavy atom. The molecule has 0 spiro atoms. The fourth-order valence-electron chi connectivity index (χ4n) is 1.93. The Labute approximate surface area is 120 Å². The zero-order chi connectivity index (χ0) is 15.1. The summed E-state index contributed by atoms with van der Waals surface area (Å²) in [7, 11) is 1.83. The van der Waals surface area contributed by atoms with Crippen molar-refractivity contribution >= 4 is 17.6 Å². The maximum atomic E-state index is 11.8. The van der Waals surface area contributed by atoms with Crippen LogP contribution in [0.3, 0.4) is 0 Å². The van der Waals surface area contributed by atoms with Gasteiger partial charge in [0.25, 0.3) is 0 Å². The summed E-state index contributed by atoms with van der Waals surface area (Å²) in [6.45, 7) is 6.69. The predicted molar refractivity (Wildman–Crippen MR) is 81.0 cm³/mol. The Morgan fingerprint density at radius 1 is 1.15 bits per heavy atom. The van der Waals surface area contributed by atoms with Crippen molar-refractivity contribution in [1.29, 1.82) is 0 Å². The van der Waals surface area contributed by atoms with E-state index in [-0.39, 0.29) is 12.5 Å². The van der Waals surface area contributed by atoms with Crippen molar-refractivity contribution in [3.63, 3.8) is 0 Å². The molecular weight excluding hydrogens is 254 g/mol. The fraction of sp³-hybridized carbons (Fsp3) is 0.467. The molecule has 5 heteroatoms. The second-order valence-corrected chi connectivity index (χ2v) is 5.01. The summed E-state index contributed by atoms with van der Waals surface area (Å²) >= 11 is 0. The number of carbonyl (C=O) groups is 2. The number of hydrogen-bond acceptors (Lipinski definition) is 3. The first kappa shape index (κ1) is 16.0. The molecule has 0 aliphatic rings. The number of hydrogen-bond donors (Lipinski definition) is 2. The topological polar surface area (TPSA) is 61.4 Å². The Kier molecular flexibility index (Phi) is 6.03. The summed E-state index contributed by atoms with van der Waals surface area (Å²) < 4.78 is 0. The van der Waals surface area contributed by atoms with Crippen molar-refractivity contribution in [3.8, 4) is 0 Å². The molecule has 3 amide bonds. The first-order valence-corrected chi connectivity index (χ1v) is 6.79. The largest absolute Gasteiger partial charge is 0.365 e. The Bertz CT molecular complexity index is 466. The van der Waals surface area contributed by atoms with E-state index in [9.17, 15) is 9.59 Å². The van der Waals surface area contributed by atoms with Crippen LogP contribution in [-0.2, 0) is 4.79 Å². The standard InChI is InChI=1S/C15H23N3O2/c1-5-6-16-15(20)17-14(19)10-18(4)13-8-11(2)7-12(3)9-13/h7-9H,5-6,10H2,1-4H3,(H2,16,17,19,20). The van der Waals surface area contributed by atoms with Crippen LogP contribution < -0.4 is 15.5 Å². The number of urea groups is 1. The summed E-state index contributed by atoms with van der Waals surface area (Å²) in [6, 6.07) is 5.66. The SMILES string of the molecule is CCCNC(=O)NC(=O)CN(C)c1cc(C)cc(C)c1. The minimum Gasteiger partial charge on any atom is -0.365 e. The molecule has 0 radical (unpaired) electrons. The number of anilines is 1. The number of aryl methyl sites for hydroxylation is 2. The molecule has 0 saturated heterocycles. The number of benzene rings is 1. The maximum absolute atomic E-state index is 11.8. The quantitative estimate of drug-likeness (QED) is 0.865. The van der Waals surface area contributed by atoms with E-state index in [2.05, 4.69) is 16.7 Å². The van der Waals surface area contributed by atoms with Gasteiger partial charge >= 0.3 is 6.03 Å². The molecule has 0 heterocycles. The lowest BCUT2D eigenvalue weighted by atomic mass is 10.1. The van der Waals surface area contributed by atoms with Gasteiger partial charge in [0.2, 0.25) is 5.91 Å². The average molecular weight is 277 g/mol. The molecule has 1 rings (SSSR count). The van der Waals surface area contributed by atoms with Crippen molar-refractivity contribution in [2.75, 3.05) is 25.0 Å². The van der Waals surface area contributed by atoms with Crippen LogP contribution in [0.15, 0.2) is 18.2 Å². The zero-order valence-corrected chi connectivity index (χ0v) is 12.6. The lowest BCUT2D eigenvalue weighted by molar-refractivity contribution is -0.118. The molecule has 0 fully saturated rings. The van der Waals surface area contributed by atoms with Crippen LogP contribution in [0.1, 0.15) is 24.5 Å². The second-order valence-electron chi connectivity index (χ2n) is 5.01. The molecule has 0 unspecified atom stereocenters. The number of rotatable bonds is 5. The monoisotopic (exact) mass is 277 g/mol. The third-order valence-electron chi connectivity index (χ3n) is 2.82. The van der Waals surface area contributed by atoms with Crippen molar-refractivity contribution in [1.82, 2.24) is 10.6 Å². The number of nitrogens with zero attached hydrogens (tertiary/aromatic N) is 1. The Hall–Kier alpha value is -2.04. The van der Waals surface area contributed by atoms with Crippen molar-refractivity contribution in [2.45, 2.75) is 27.2 Å². The highest BCUT2D eigenvalue weighted by atomic mass is 16.2. The van der Waals surface area contributed by atoms with E-state index in [1.165, 1.54) is 0 Å². The summed E-state index contributed by atoms with van der Waals surface area (Å²) in [4.78, 5) is 25.0. The van der Waals surface area contributed by atoms with Crippen LogP contribution >= 0.6 is 0 Å². The molecule has 0 atom stereocenters. The van der Waals surface area contributed by atoms with E-state index in [0.29, 0.717) is 6.54 Å². The van der Waals surface area contributed by atoms with Crippen LogP contribution in [0, 0.1) is 13.8 Å². The zero-order valence-electron chi connectivity index (χ0n) is 12.6. The number of imide groups is 1. The van der Waals surface area contributed by atoms with Crippen LogP contribution in [-0.4, -0.2) is 32.1 Å². The van der Waals surface area contributed by atoms with E-state index in [1.807, 2.05) is 44.9 Å². The molecule has 1 aromatic carbocycles. The van der Waals surface area contributed by atoms with Gasteiger partial charge in [0.05, 0.1) is 6.54 Å². The lowest BCUT2D eigenvalue weighted by Gasteiger charge is -2.19. The van der Waals surface area contributed by atoms with Gasteiger partial charge in [-0.05, 0) is 43.5 Å². The molecule has 2 N–H and O–H groups in total. The van der Waals surface area contributed by atoms with Crippen molar-refractivity contribution in [2.24, 2.45) is 0 Å². The summed E-state index contributed by atoms with van der Waals surface area (Å²) in [5.41, 5.74) is 3.26. The average Bonchev–Trinajstić information content (AvgIpc) is 2.34. The second kappa shape index (κ2) is 7.53. The van der Waals surface area contributed by atoms with Crippen LogP contribution in [0.5, 0.6) is 0 Å². The minimum absolute atomic E-state index is 0.141. The van der Waals surface area contributed by atoms with Gasteiger partial charge in [0, 0.05) is 19.3 Å². The van der Waals surface area contributed by atoms with Gasteiger partial charge in [-0.1, -0.05) is 13.0 Å². The van der Waals surface area contributed by atoms with Gasteiger partial charge in [-0.2, -0.15) is 0 Å². The first-order chi connectivity index (χ1) is 9.42. The molecule has 0 saturated carbocycles.